The van der Waals surface area contributed by atoms with Crippen LogP contribution in [0.2, 0.25) is 0 Å². The van der Waals surface area contributed by atoms with E-state index in [-0.39, 0.29) is 5.92 Å². The van der Waals surface area contributed by atoms with Crippen molar-refractivity contribution in [2.45, 2.75) is 45.5 Å². The van der Waals surface area contributed by atoms with Gasteiger partial charge in [-0.3, -0.25) is 0 Å². The molecule has 3 N–H and O–H groups in total. The van der Waals surface area contributed by atoms with Crippen LogP contribution < -0.4 is 10.6 Å². The maximum absolute atomic E-state index is 12.0. The molecule has 0 radical (unpaired) electrons. The fraction of sp³-hybridized carbons (Fsp3) is 0.800. The average Bonchev–Trinajstić information content (AvgIpc) is 2.09. The third-order valence-corrected chi connectivity index (χ3v) is 2.13. The minimum atomic E-state index is -4.38. The van der Waals surface area contributed by atoms with Gasteiger partial charge in [0.15, 0.2) is 0 Å². The topological polar surface area (TPSA) is 78.4 Å². The number of hydrogen-bond acceptors (Lipinski definition) is 2. The van der Waals surface area contributed by atoms with Gasteiger partial charge in [-0.25, -0.2) is 9.59 Å². The monoisotopic (exact) mass is 270 g/mol. The first-order valence-electron chi connectivity index (χ1n) is 5.39. The smallest absolute Gasteiger partial charge is 0.391 e. The lowest BCUT2D eigenvalue weighted by Gasteiger charge is -2.21. The van der Waals surface area contributed by atoms with Gasteiger partial charge in [-0.1, -0.05) is 13.8 Å². The van der Waals surface area contributed by atoms with Gasteiger partial charge in [0.1, 0.15) is 6.04 Å². The van der Waals surface area contributed by atoms with Gasteiger partial charge in [0.2, 0.25) is 0 Å². The maximum atomic E-state index is 12.0. The van der Waals surface area contributed by atoms with Crippen LogP contribution in [0.5, 0.6) is 0 Å². The van der Waals surface area contributed by atoms with E-state index in [1.54, 1.807) is 13.8 Å². The van der Waals surface area contributed by atoms with Crippen molar-refractivity contribution >= 4 is 12.0 Å². The Balaban J connectivity index is 4.29. The number of carboxylic acid groups (broad SMARTS) is 1. The molecule has 0 rings (SSSR count). The second-order valence-corrected chi connectivity index (χ2v) is 4.40. The van der Waals surface area contributed by atoms with E-state index in [1.165, 1.54) is 6.92 Å². The molecule has 0 saturated carbocycles. The van der Waals surface area contributed by atoms with Gasteiger partial charge in [0.05, 0.1) is 6.42 Å². The van der Waals surface area contributed by atoms with E-state index in [4.69, 9.17) is 5.11 Å². The number of rotatable bonds is 5. The maximum Gasteiger partial charge on any atom is 0.391 e. The van der Waals surface area contributed by atoms with Crippen molar-refractivity contribution in [3.8, 4) is 0 Å². The molecule has 0 aromatic heterocycles. The zero-order valence-corrected chi connectivity index (χ0v) is 10.3. The molecule has 2 amide bonds. The van der Waals surface area contributed by atoms with Gasteiger partial charge in [0, 0.05) is 6.04 Å². The number of carbonyl (C=O) groups is 2. The minimum absolute atomic E-state index is 0.369. The summed E-state index contributed by atoms with van der Waals surface area (Å²) < 4.78 is 36.0. The van der Waals surface area contributed by atoms with E-state index in [0.29, 0.717) is 0 Å². The molecule has 0 spiro atoms. The molecule has 8 heteroatoms. The first-order chi connectivity index (χ1) is 8.03. The summed E-state index contributed by atoms with van der Waals surface area (Å²) in [6.45, 7) is 4.36. The summed E-state index contributed by atoms with van der Waals surface area (Å²) in [6.07, 6.45) is -5.54. The lowest BCUT2D eigenvalue weighted by Crippen LogP contribution is -2.51. The standard InChI is InChI=1S/C10H17F3N2O3/c1-5(2)7(8(16)17)15-9(18)14-6(3)4-10(11,12)13/h5-7H,4H2,1-3H3,(H,16,17)(H2,14,15,18)/t6?,7-/m0/s1. The molecule has 0 heterocycles. The number of alkyl halides is 3. The molecule has 0 bridgehead atoms. The van der Waals surface area contributed by atoms with Crippen LogP contribution >= 0.6 is 0 Å². The van der Waals surface area contributed by atoms with Crippen LogP contribution in [0.4, 0.5) is 18.0 Å². The minimum Gasteiger partial charge on any atom is -0.480 e. The summed E-state index contributed by atoms with van der Waals surface area (Å²) >= 11 is 0. The normalized spacial score (nSPS) is 15.1. The summed E-state index contributed by atoms with van der Waals surface area (Å²) in [4.78, 5) is 22.1. The highest BCUT2D eigenvalue weighted by Crippen LogP contribution is 2.21. The summed E-state index contributed by atoms with van der Waals surface area (Å²) in [5.74, 6) is -1.60. The third-order valence-electron chi connectivity index (χ3n) is 2.13. The summed E-state index contributed by atoms with van der Waals surface area (Å²) in [5, 5.41) is 12.9. The average molecular weight is 270 g/mol. The number of aliphatic carboxylic acids is 1. The van der Waals surface area contributed by atoms with E-state index >= 15 is 0 Å². The van der Waals surface area contributed by atoms with Gasteiger partial charge < -0.3 is 15.7 Å². The molecule has 0 aromatic rings. The van der Waals surface area contributed by atoms with E-state index in [0.717, 1.165) is 0 Å². The van der Waals surface area contributed by atoms with Crippen molar-refractivity contribution in [3.05, 3.63) is 0 Å². The zero-order valence-electron chi connectivity index (χ0n) is 10.3. The number of carboxylic acids is 1. The van der Waals surface area contributed by atoms with E-state index in [9.17, 15) is 22.8 Å². The molecule has 5 nitrogen and oxygen atoms in total. The molecular weight excluding hydrogens is 253 g/mol. The van der Waals surface area contributed by atoms with Crippen molar-refractivity contribution < 1.29 is 27.9 Å². The Kier molecular flexibility index (Phi) is 5.93. The number of urea groups is 1. The van der Waals surface area contributed by atoms with Crippen LogP contribution in [0, 0.1) is 5.92 Å². The van der Waals surface area contributed by atoms with Gasteiger partial charge >= 0.3 is 18.2 Å². The van der Waals surface area contributed by atoms with Crippen LogP contribution in [0.1, 0.15) is 27.2 Å². The molecule has 2 atom stereocenters. The summed E-state index contributed by atoms with van der Waals surface area (Å²) in [7, 11) is 0. The third kappa shape index (κ3) is 6.97. The van der Waals surface area contributed by atoms with Gasteiger partial charge in [-0.05, 0) is 12.8 Å². The first kappa shape index (κ1) is 16.5. The molecule has 18 heavy (non-hydrogen) atoms. The summed E-state index contributed by atoms with van der Waals surface area (Å²) in [6, 6.07) is -3.18. The molecule has 0 aliphatic heterocycles. The Morgan fingerprint density at radius 1 is 1.17 bits per heavy atom. The van der Waals surface area contributed by atoms with Crippen LogP contribution in [0.15, 0.2) is 0 Å². The highest BCUT2D eigenvalue weighted by atomic mass is 19.4. The second-order valence-electron chi connectivity index (χ2n) is 4.40. The Bertz CT molecular complexity index is 305. The molecule has 0 aromatic carbocycles. The number of amides is 2. The Morgan fingerprint density at radius 2 is 1.67 bits per heavy atom. The molecule has 106 valence electrons. The van der Waals surface area contributed by atoms with E-state index in [1.807, 2.05) is 5.32 Å². The predicted molar refractivity (Wildman–Crippen MR) is 58.1 cm³/mol. The summed E-state index contributed by atoms with van der Waals surface area (Å²) in [5.41, 5.74) is 0. The lowest BCUT2D eigenvalue weighted by atomic mass is 10.1. The number of halogens is 3. The SMILES string of the molecule is CC(CC(F)(F)F)NC(=O)N[C@H](C(=O)O)C(C)C. The molecule has 0 aliphatic rings. The highest BCUT2D eigenvalue weighted by Gasteiger charge is 2.31. The largest absolute Gasteiger partial charge is 0.480 e. The van der Waals surface area contributed by atoms with E-state index < -0.39 is 36.7 Å². The van der Waals surface area contributed by atoms with Crippen LogP contribution in [-0.2, 0) is 4.79 Å². The van der Waals surface area contributed by atoms with Crippen molar-refractivity contribution in [3.63, 3.8) is 0 Å². The number of nitrogens with one attached hydrogen (secondary N) is 2. The Morgan fingerprint density at radius 3 is 2.00 bits per heavy atom. The quantitative estimate of drug-likeness (QED) is 0.712. The van der Waals surface area contributed by atoms with Crippen LogP contribution in [0.3, 0.4) is 0 Å². The number of hydrogen-bond donors (Lipinski definition) is 3. The van der Waals surface area contributed by atoms with Gasteiger partial charge in [-0.15, -0.1) is 0 Å². The van der Waals surface area contributed by atoms with Crippen molar-refractivity contribution in [1.29, 1.82) is 0 Å². The number of carbonyl (C=O) groups excluding carboxylic acids is 1. The van der Waals surface area contributed by atoms with Crippen molar-refractivity contribution in [2.24, 2.45) is 5.92 Å². The fourth-order valence-electron chi connectivity index (χ4n) is 1.32. The second kappa shape index (κ2) is 6.46. The van der Waals surface area contributed by atoms with Crippen molar-refractivity contribution in [2.75, 3.05) is 0 Å². The zero-order chi connectivity index (χ0) is 14.5. The van der Waals surface area contributed by atoms with Gasteiger partial charge in [-0.2, -0.15) is 13.2 Å². The first-order valence-corrected chi connectivity index (χ1v) is 5.39. The molecule has 0 aliphatic carbocycles. The molecule has 1 unspecified atom stereocenters. The van der Waals surface area contributed by atoms with Crippen LogP contribution in [0.25, 0.3) is 0 Å². The Labute approximate surface area is 103 Å². The molecule has 0 saturated heterocycles. The predicted octanol–water partition coefficient (Wildman–Crippen LogP) is 1.74. The van der Waals surface area contributed by atoms with Gasteiger partial charge in [0.25, 0.3) is 0 Å². The highest BCUT2D eigenvalue weighted by molar-refractivity contribution is 5.82. The van der Waals surface area contributed by atoms with Crippen LogP contribution in [-0.4, -0.2) is 35.4 Å². The lowest BCUT2D eigenvalue weighted by molar-refractivity contribution is -0.141. The fourth-order valence-corrected chi connectivity index (χ4v) is 1.32. The molecule has 0 fully saturated rings. The van der Waals surface area contributed by atoms with Crippen molar-refractivity contribution in [1.82, 2.24) is 10.6 Å². The Hall–Kier alpha value is -1.47. The molecular formula is C10H17F3N2O3. The van der Waals surface area contributed by atoms with E-state index in [2.05, 4.69) is 5.32 Å².